The van der Waals surface area contributed by atoms with Crippen molar-refractivity contribution in [3.05, 3.63) is 64.6 Å². The molecule has 2 aromatic carbocycles. The minimum atomic E-state index is -0.348. The van der Waals surface area contributed by atoms with Crippen LogP contribution in [0.1, 0.15) is 5.56 Å². The fourth-order valence-corrected chi connectivity index (χ4v) is 2.11. The summed E-state index contributed by atoms with van der Waals surface area (Å²) < 4.78 is 12.4. The van der Waals surface area contributed by atoms with Crippen molar-refractivity contribution in [3.8, 4) is 5.75 Å². The van der Waals surface area contributed by atoms with E-state index in [-0.39, 0.29) is 5.76 Å². The number of hydrogen-bond acceptors (Lipinski definition) is 3. The molecule has 0 unspecified atom stereocenters. The molecular weight excluding hydrogens is 254 g/mol. The van der Waals surface area contributed by atoms with Crippen LogP contribution in [0, 0.1) is 6.92 Å². The molecule has 0 atom stereocenters. The maximum absolute atomic E-state index is 11.8. The van der Waals surface area contributed by atoms with Crippen molar-refractivity contribution in [2.75, 3.05) is 6.61 Å². The highest BCUT2D eigenvalue weighted by Gasteiger charge is 2.07. The number of hydrogen-bond donors (Lipinski definition) is 0. The van der Waals surface area contributed by atoms with Crippen molar-refractivity contribution in [1.82, 2.24) is 4.57 Å². The molecule has 0 aliphatic heterocycles. The molecule has 4 heteroatoms. The van der Waals surface area contributed by atoms with Gasteiger partial charge in [-0.1, -0.05) is 29.8 Å². The van der Waals surface area contributed by atoms with Gasteiger partial charge in [-0.25, -0.2) is 4.79 Å². The van der Waals surface area contributed by atoms with Gasteiger partial charge in [0, 0.05) is 0 Å². The van der Waals surface area contributed by atoms with Crippen LogP contribution in [-0.4, -0.2) is 11.2 Å². The van der Waals surface area contributed by atoms with E-state index in [2.05, 4.69) is 0 Å². The number of aromatic nitrogens is 1. The number of oxazole rings is 1. The maximum atomic E-state index is 11.8. The SMILES string of the molecule is Cc1ccc(OCCn2c(=O)oc3ccccc32)cc1. The number of benzene rings is 2. The predicted octanol–water partition coefficient (Wildman–Crippen LogP) is 2.98. The normalized spacial score (nSPS) is 10.8. The van der Waals surface area contributed by atoms with Gasteiger partial charge in [0.25, 0.3) is 0 Å². The monoisotopic (exact) mass is 269 g/mol. The molecule has 0 bridgehead atoms. The highest BCUT2D eigenvalue weighted by atomic mass is 16.5. The van der Waals surface area contributed by atoms with Crippen LogP contribution in [-0.2, 0) is 6.54 Å². The van der Waals surface area contributed by atoms with Crippen LogP contribution in [0.2, 0.25) is 0 Å². The smallest absolute Gasteiger partial charge is 0.420 e. The number of fused-ring (bicyclic) bond motifs is 1. The first-order chi connectivity index (χ1) is 9.74. The molecule has 20 heavy (non-hydrogen) atoms. The highest BCUT2D eigenvalue weighted by Crippen LogP contribution is 2.13. The van der Waals surface area contributed by atoms with Gasteiger partial charge in [-0.05, 0) is 31.2 Å². The number of para-hydroxylation sites is 2. The average molecular weight is 269 g/mol. The summed E-state index contributed by atoms with van der Waals surface area (Å²) in [7, 11) is 0. The van der Waals surface area contributed by atoms with Gasteiger partial charge in [0.15, 0.2) is 5.58 Å². The summed E-state index contributed by atoms with van der Waals surface area (Å²) in [5.41, 5.74) is 2.59. The number of ether oxygens (including phenoxy) is 1. The van der Waals surface area contributed by atoms with E-state index in [0.29, 0.717) is 18.7 Å². The Hall–Kier alpha value is -2.49. The second-order valence-electron chi connectivity index (χ2n) is 4.65. The minimum Gasteiger partial charge on any atom is -0.492 e. The Kier molecular flexibility index (Phi) is 3.29. The topological polar surface area (TPSA) is 44.4 Å². The van der Waals surface area contributed by atoms with Crippen LogP contribution in [0.4, 0.5) is 0 Å². The Morgan fingerprint density at radius 3 is 2.65 bits per heavy atom. The number of nitrogens with zero attached hydrogens (tertiary/aromatic N) is 1. The van der Waals surface area contributed by atoms with Crippen molar-refractivity contribution >= 4 is 11.1 Å². The van der Waals surface area contributed by atoms with Crippen LogP contribution < -0.4 is 10.5 Å². The van der Waals surface area contributed by atoms with E-state index in [1.54, 1.807) is 10.6 Å². The van der Waals surface area contributed by atoms with E-state index in [1.807, 2.05) is 49.4 Å². The molecule has 0 saturated carbocycles. The zero-order valence-electron chi connectivity index (χ0n) is 11.2. The van der Waals surface area contributed by atoms with E-state index in [1.165, 1.54) is 5.56 Å². The lowest BCUT2D eigenvalue weighted by atomic mass is 10.2. The summed E-state index contributed by atoms with van der Waals surface area (Å²) in [5.74, 6) is 0.454. The predicted molar refractivity (Wildman–Crippen MR) is 77.1 cm³/mol. The lowest BCUT2D eigenvalue weighted by Crippen LogP contribution is -2.18. The first-order valence-electron chi connectivity index (χ1n) is 6.52. The van der Waals surface area contributed by atoms with Gasteiger partial charge in [-0.2, -0.15) is 0 Å². The summed E-state index contributed by atoms with van der Waals surface area (Å²) in [6.45, 7) is 2.91. The lowest BCUT2D eigenvalue weighted by molar-refractivity contribution is 0.294. The molecule has 0 N–H and O–H groups in total. The third-order valence-electron chi connectivity index (χ3n) is 3.18. The van der Waals surface area contributed by atoms with Gasteiger partial charge in [0.1, 0.15) is 12.4 Å². The zero-order chi connectivity index (χ0) is 13.9. The molecule has 1 aromatic heterocycles. The van der Waals surface area contributed by atoms with Crippen molar-refractivity contribution in [2.45, 2.75) is 13.5 Å². The summed E-state index contributed by atoms with van der Waals surface area (Å²) in [6, 6.07) is 15.2. The fraction of sp³-hybridized carbons (Fsp3) is 0.188. The van der Waals surface area contributed by atoms with E-state index in [9.17, 15) is 4.79 Å². The largest absolute Gasteiger partial charge is 0.492 e. The molecule has 1 heterocycles. The average Bonchev–Trinajstić information content (AvgIpc) is 2.77. The zero-order valence-corrected chi connectivity index (χ0v) is 11.2. The molecule has 102 valence electrons. The van der Waals surface area contributed by atoms with Crippen LogP contribution in [0.15, 0.2) is 57.7 Å². The Balaban J connectivity index is 1.72. The molecule has 0 aliphatic rings. The molecule has 0 fully saturated rings. The summed E-state index contributed by atoms with van der Waals surface area (Å²) >= 11 is 0. The van der Waals surface area contributed by atoms with Crippen molar-refractivity contribution in [3.63, 3.8) is 0 Å². The lowest BCUT2D eigenvalue weighted by Gasteiger charge is -2.06. The summed E-state index contributed by atoms with van der Waals surface area (Å²) in [5, 5.41) is 0. The van der Waals surface area contributed by atoms with Crippen LogP contribution >= 0.6 is 0 Å². The van der Waals surface area contributed by atoms with Gasteiger partial charge in [0.05, 0.1) is 12.1 Å². The molecule has 0 aliphatic carbocycles. The molecule has 0 amide bonds. The van der Waals surface area contributed by atoms with E-state index in [0.717, 1.165) is 11.3 Å². The quantitative estimate of drug-likeness (QED) is 0.731. The number of rotatable bonds is 4. The van der Waals surface area contributed by atoms with Gasteiger partial charge in [-0.15, -0.1) is 0 Å². The fourth-order valence-electron chi connectivity index (χ4n) is 2.11. The first kappa shape index (κ1) is 12.5. The first-order valence-corrected chi connectivity index (χ1v) is 6.52. The molecule has 0 spiro atoms. The van der Waals surface area contributed by atoms with E-state index < -0.39 is 0 Å². The highest BCUT2D eigenvalue weighted by molar-refractivity contribution is 5.72. The Labute approximate surface area is 116 Å². The third kappa shape index (κ3) is 2.45. The van der Waals surface area contributed by atoms with Crippen LogP contribution in [0.25, 0.3) is 11.1 Å². The molecule has 4 nitrogen and oxygen atoms in total. The van der Waals surface area contributed by atoms with E-state index >= 15 is 0 Å². The van der Waals surface area contributed by atoms with Gasteiger partial charge >= 0.3 is 5.76 Å². The molecule has 0 saturated heterocycles. The number of aryl methyl sites for hydroxylation is 1. The van der Waals surface area contributed by atoms with Crippen molar-refractivity contribution in [2.24, 2.45) is 0 Å². The summed E-state index contributed by atoms with van der Waals surface area (Å²) in [6.07, 6.45) is 0. The summed E-state index contributed by atoms with van der Waals surface area (Å²) in [4.78, 5) is 11.8. The van der Waals surface area contributed by atoms with Crippen molar-refractivity contribution in [1.29, 1.82) is 0 Å². The van der Waals surface area contributed by atoms with Crippen LogP contribution in [0.3, 0.4) is 0 Å². The van der Waals surface area contributed by atoms with Crippen LogP contribution in [0.5, 0.6) is 5.75 Å². The molecule has 0 radical (unpaired) electrons. The molecule has 3 aromatic rings. The standard InChI is InChI=1S/C16H15NO3/c1-12-6-8-13(9-7-12)19-11-10-17-14-4-2-3-5-15(14)20-16(17)18/h2-9H,10-11H2,1H3. The van der Waals surface area contributed by atoms with Gasteiger partial charge < -0.3 is 9.15 Å². The minimum absolute atomic E-state index is 0.348. The molecule has 3 rings (SSSR count). The third-order valence-corrected chi connectivity index (χ3v) is 3.18. The van der Waals surface area contributed by atoms with Crippen molar-refractivity contribution < 1.29 is 9.15 Å². The Bertz CT molecular complexity index is 768. The van der Waals surface area contributed by atoms with Gasteiger partial charge in [0.2, 0.25) is 0 Å². The second-order valence-corrected chi connectivity index (χ2v) is 4.65. The maximum Gasteiger partial charge on any atom is 0.420 e. The van der Waals surface area contributed by atoms with E-state index in [4.69, 9.17) is 9.15 Å². The molecular formula is C16H15NO3. The second kappa shape index (κ2) is 5.25. The Morgan fingerprint density at radius 1 is 1.10 bits per heavy atom. The Morgan fingerprint density at radius 2 is 1.85 bits per heavy atom. The van der Waals surface area contributed by atoms with Gasteiger partial charge in [-0.3, -0.25) is 4.57 Å².